The van der Waals surface area contributed by atoms with Crippen molar-refractivity contribution in [2.45, 2.75) is 18.8 Å². The SMILES string of the molecule is C1=C[C@@H]2c3cc4ccccc4cc3C3=C(CC3)[C@@H]2C=C1. The highest BCUT2D eigenvalue weighted by molar-refractivity contribution is 5.91. The first kappa shape index (κ1) is 10.7. The third kappa shape index (κ3) is 1.27. The maximum Gasteiger partial charge on any atom is 0.0128 e. The molecule has 5 rings (SSSR count). The summed E-state index contributed by atoms with van der Waals surface area (Å²) in [7, 11) is 0. The van der Waals surface area contributed by atoms with Gasteiger partial charge in [-0.25, -0.2) is 0 Å². The van der Waals surface area contributed by atoms with Crippen LogP contribution in [0.2, 0.25) is 0 Å². The Morgan fingerprint density at radius 2 is 1.55 bits per heavy atom. The largest absolute Gasteiger partial charge is 0.0764 e. The fraction of sp³-hybridized carbons (Fsp3) is 0.200. The van der Waals surface area contributed by atoms with Crippen LogP contribution in [-0.4, -0.2) is 0 Å². The fourth-order valence-electron chi connectivity index (χ4n) is 4.10. The molecule has 0 bridgehead atoms. The molecule has 0 fully saturated rings. The molecule has 2 atom stereocenters. The van der Waals surface area contributed by atoms with Gasteiger partial charge in [0, 0.05) is 11.8 Å². The molecule has 0 spiro atoms. The molecule has 0 radical (unpaired) electrons. The summed E-state index contributed by atoms with van der Waals surface area (Å²) in [6.45, 7) is 0. The summed E-state index contributed by atoms with van der Waals surface area (Å²) in [5.41, 5.74) is 6.38. The highest BCUT2D eigenvalue weighted by Crippen LogP contribution is 2.53. The van der Waals surface area contributed by atoms with E-state index in [2.05, 4.69) is 60.7 Å². The Balaban J connectivity index is 1.85. The predicted octanol–water partition coefficient (Wildman–Crippen LogP) is 5.23. The van der Waals surface area contributed by atoms with Crippen molar-refractivity contribution in [3.05, 3.63) is 77.4 Å². The predicted molar refractivity (Wildman–Crippen MR) is 84.6 cm³/mol. The van der Waals surface area contributed by atoms with Crippen LogP contribution in [0, 0.1) is 5.92 Å². The summed E-state index contributed by atoms with van der Waals surface area (Å²) >= 11 is 0. The summed E-state index contributed by atoms with van der Waals surface area (Å²) in [5.74, 6) is 1.18. The van der Waals surface area contributed by atoms with Gasteiger partial charge in [-0.15, -0.1) is 0 Å². The summed E-state index contributed by atoms with van der Waals surface area (Å²) in [4.78, 5) is 0. The molecule has 0 heteroatoms. The monoisotopic (exact) mass is 256 g/mol. The zero-order chi connectivity index (χ0) is 13.1. The van der Waals surface area contributed by atoms with E-state index >= 15 is 0 Å². The molecule has 3 aliphatic carbocycles. The van der Waals surface area contributed by atoms with Crippen LogP contribution in [0.25, 0.3) is 16.3 Å². The first-order chi connectivity index (χ1) is 9.92. The van der Waals surface area contributed by atoms with Gasteiger partial charge in [-0.3, -0.25) is 0 Å². The minimum Gasteiger partial charge on any atom is -0.0764 e. The number of allylic oxidation sites excluding steroid dienone is 6. The van der Waals surface area contributed by atoms with E-state index in [4.69, 9.17) is 0 Å². The van der Waals surface area contributed by atoms with Gasteiger partial charge in [-0.05, 0) is 52.4 Å². The maximum atomic E-state index is 2.42. The van der Waals surface area contributed by atoms with Gasteiger partial charge in [0.05, 0.1) is 0 Å². The smallest absolute Gasteiger partial charge is 0.0128 e. The Bertz CT molecular complexity index is 817. The van der Waals surface area contributed by atoms with Gasteiger partial charge in [0.1, 0.15) is 0 Å². The van der Waals surface area contributed by atoms with Crippen LogP contribution in [-0.2, 0) is 0 Å². The standard InChI is InChI=1S/C20H16/c1-2-6-14-12-20-18-10-9-17(18)15-7-3-4-8-16(15)19(20)11-13(14)5-1/h1-8,11-12,15-16H,9-10H2/t15-,16+/m1/s1. The second-order valence-electron chi connectivity index (χ2n) is 6.11. The highest BCUT2D eigenvalue weighted by Gasteiger charge is 2.37. The number of benzene rings is 2. The Kier molecular flexibility index (Phi) is 1.99. The summed E-state index contributed by atoms with van der Waals surface area (Å²) in [6, 6.07) is 13.6. The normalized spacial score (nSPS) is 26.0. The molecule has 0 saturated heterocycles. The molecule has 20 heavy (non-hydrogen) atoms. The highest BCUT2D eigenvalue weighted by atomic mass is 14.4. The first-order valence-corrected chi connectivity index (χ1v) is 7.52. The van der Waals surface area contributed by atoms with Crippen molar-refractivity contribution in [3.63, 3.8) is 0 Å². The summed E-state index contributed by atoms with van der Waals surface area (Å²) in [5, 5.41) is 2.75. The van der Waals surface area contributed by atoms with Crippen LogP contribution in [0.1, 0.15) is 29.9 Å². The zero-order valence-corrected chi connectivity index (χ0v) is 11.3. The lowest BCUT2D eigenvalue weighted by Crippen LogP contribution is -2.25. The van der Waals surface area contributed by atoms with Gasteiger partial charge in [0.15, 0.2) is 0 Å². The van der Waals surface area contributed by atoms with Crippen molar-refractivity contribution in [1.29, 1.82) is 0 Å². The third-order valence-electron chi connectivity index (χ3n) is 5.17. The average Bonchev–Trinajstić information content (AvgIpc) is 2.45. The van der Waals surface area contributed by atoms with E-state index < -0.39 is 0 Å². The lowest BCUT2D eigenvalue weighted by molar-refractivity contribution is 0.593. The second kappa shape index (κ2) is 3.73. The number of fused-ring (bicyclic) bond motifs is 6. The third-order valence-corrected chi connectivity index (χ3v) is 5.17. The van der Waals surface area contributed by atoms with Crippen molar-refractivity contribution in [1.82, 2.24) is 0 Å². The van der Waals surface area contributed by atoms with E-state index in [0.717, 1.165) is 0 Å². The van der Waals surface area contributed by atoms with Crippen molar-refractivity contribution >= 4 is 16.3 Å². The van der Waals surface area contributed by atoms with Crippen molar-refractivity contribution < 1.29 is 0 Å². The quantitative estimate of drug-likeness (QED) is 0.605. The van der Waals surface area contributed by atoms with Crippen molar-refractivity contribution in [2.75, 3.05) is 0 Å². The molecule has 0 saturated carbocycles. The van der Waals surface area contributed by atoms with Gasteiger partial charge < -0.3 is 0 Å². The minimum atomic E-state index is 0.554. The average molecular weight is 256 g/mol. The Morgan fingerprint density at radius 3 is 2.30 bits per heavy atom. The molecule has 0 nitrogen and oxygen atoms in total. The van der Waals surface area contributed by atoms with Crippen LogP contribution in [0.4, 0.5) is 0 Å². The first-order valence-electron chi connectivity index (χ1n) is 7.52. The lowest BCUT2D eigenvalue weighted by Gasteiger charge is -2.41. The van der Waals surface area contributed by atoms with E-state index in [1.165, 1.54) is 34.7 Å². The van der Waals surface area contributed by atoms with Crippen LogP contribution in [0.15, 0.2) is 66.3 Å². The molecular weight excluding hydrogens is 240 g/mol. The molecule has 0 N–H and O–H groups in total. The van der Waals surface area contributed by atoms with Crippen LogP contribution >= 0.6 is 0 Å². The Hall–Kier alpha value is -2.08. The van der Waals surface area contributed by atoms with Crippen LogP contribution in [0.5, 0.6) is 0 Å². The summed E-state index contributed by atoms with van der Waals surface area (Å²) in [6.07, 6.45) is 11.8. The van der Waals surface area contributed by atoms with E-state index in [0.29, 0.717) is 11.8 Å². The van der Waals surface area contributed by atoms with Gasteiger partial charge in [-0.1, -0.05) is 54.1 Å². The molecular formula is C20H16. The maximum absolute atomic E-state index is 2.42. The lowest BCUT2D eigenvalue weighted by atomic mass is 9.63. The Labute approximate surface area is 119 Å². The van der Waals surface area contributed by atoms with E-state index in [1.54, 1.807) is 11.1 Å². The molecule has 96 valence electrons. The molecule has 0 amide bonds. The number of rotatable bonds is 0. The molecule has 2 aromatic rings. The van der Waals surface area contributed by atoms with E-state index in [-0.39, 0.29) is 0 Å². The topological polar surface area (TPSA) is 0 Å². The molecule has 0 aliphatic heterocycles. The molecule has 0 heterocycles. The summed E-state index contributed by atoms with van der Waals surface area (Å²) < 4.78 is 0. The van der Waals surface area contributed by atoms with Crippen molar-refractivity contribution in [2.24, 2.45) is 5.92 Å². The molecule has 0 aromatic heterocycles. The van der Waals surface area contributed by atoms with Gasteiger partial charge >= 0.3 is 0 Å². The van der Waals surface area contributed by atoms with Gasteiger partial charge in [0.25, 0.3) is 0 Å². The second-order valence-corrected chi connectivity index (χ2v) is 6.11. The van der Waals surface area contributed by atoms with E-state index in [9.17, 15) is 0 Å². The van der Waals surface area contributed by atoms with Crippen LogP contribution in [0.3, 0.4) is 0 Å². The minimum absolute atomic E-state index is 0.554. The van der Waals surface area contributed by atoms with Crippen molar-refractivity contribution in [3.8, 4) is 0 Å². The van der Waals surface area contributed by atoms with E-state index in [1.807, 2.05) is 0 Å². The zero-order valence-electron chi connectivity index (χ0n) is 11.3. The fourth-order valence-corrected chi connectivity index (χ4v) is 4.10. The number of hydrogen-bond acceptors (Lipinski definition) is 0. The number of hydrogen-bond donors (Lipinski definition) is 0. The van der Waals surface area contributed by atoms with Crippen LogP contribution < -0.4 is 0 Å². The van der Waals surface area contributed by atoms with Gasteiger partial charge in [-0.2, -0.15) is 0 Å². The molecule has 2 aromatic carbocycles. The van der Waals surface area contributed by atoms with Gasteiger partial charge in [0.2, 0.25) is 0 Å². The molecule has 0 unspecified atom stereocenters. The Morgan fingerprint density at radius 1 is 0.800 bits per heavy atom. The molecule has 3 aliphatic rings.